The van der Waals surface area contributed by atoms with Crippen LogP contribution in [0.3, 0.4) is 0 Å². The number of amides is 1. The molecule has 20 heavy (non-hydrogen) atoms. The minimum Gasteiger partial charge on any atom is -0.337 e. The van der Waals surface area contributed by atoms with Crippen molar-refractivity contribution in [1.29, 1.82) is 0 Å². The lowest BCUT2D eigenvalue weighted by atomic mass is 10.1. The molecule has 0 radical (unpaired) electrons. The molecule has 0 aliphatic carbocycles. The summed E-state index contributed by atoms with van der Waals surface area (Å²) in [6.07, 6.45) is 1.35. The Morgan fingerprint density at radius 1 is 1.45 bits per heavy atom. The third-order valence-electron chi connectivity index (χ3n) is 3.54. The van der Waals surface area contributed by atoms with Crippen molar-refractivity contribution in [3.05, 3.63) is 21.9 Å². The molecule has 112 valence electrons. The van der Waals surface area contributed by atoms with Gasteiger partial charge < -0.3 is 4.90 Å². The van der Waals surface area contributed by atoms with Gasteiger partial charge >= 0.3 is 0 Å². The number of hydrogen-bond donors (Lipinski definition) is 0. The van der Waals surface area contributed by atoms with Crippen LogP contribution in [0.15, 0.2) is 11.4 Å². The Bertz CT molecular complexity index is 593. The van der Waals surface area contributed by atoms with Gasteiger partial charge in [0.15, 0.2) is 0 Å². The van der Waals surface area contributed by atoms with Gasteiger partial charge in [0.1, 0.15) is 0 Å². The second-order valence-electron chi connectivity index (χ2n) is 5.33. The Labute approximate surface area is 124 Å². The molecule has 0 bridgehead atoms. The van der Waals surface area contributed by atoms with Crippen molar-refractivity contribution >= 4 is 27.3 Å². The summed E-state index contributed by atoms with van der Waals surface area (Å²) in [5, 5.41) is 1.45. The van der Waals surface area contributed by atoms with Crippen LogP contribution in [0.5, 0.6) is 0 Å². The van der Waals surface area contributed by atoms with E-state index in [0.717, 1.165) is 12.0 Å². The number of nitrogens with zero attached hydrogens (tertiary/aromatic N) is 2. The van der Waals surface area contributed by atoms with E-state index >= 15 is 0 Å². The van der Waals surface area contributed by atoms with Gasteiger partial charge in [-0.15, -0.1) is 11.3 Å². The monoisotopic (exact) mass is 316 g/mol. The first-order valence-electron chi connectivity index (χ1n) is 6.58. The molecule has 2 heterocycles. The number of rotatable bonds is 3. The summed E-state index contributed by atoms with van der Waals surface area (Å²) < 4.78 is 25.6. The Kier molecular flexibility index (Phi) is 4.51. The zero-order valence-corrected chi connectivity index (χ0v) is 13.6. The maximum atomic E-state index is 12.4. The summed E-state index contributed by atoms with van der Waals surface area (Å²) in [6, 6.07) is 1.86. The average molecular weight is 316 g/mol. The highest BCUT2D eigenvalue weighted by Gasteiger charge is 2.34. The average Bonchev–Trinajstić information content (AvgIpc) is 2.84. The Hall–Kier alpha value is -0.920. The van der Waals surface area contributed by atoms with E-state index in [1.54, 1.807) is 19.0 Å². The molecule has 1 atom stereocenters. The molecule has 0 N–H and O–H groups in total. The number of likely N-dealkylation sites (tertiary alicyclic amines) is 1. The van der Waals surface area contributed by atoms with Crippen LogP contribution in [-0.4, -0.2) is 56.0 Å². The van der Waals surface area contributed by atoms with Crippen molar-refractivity contribution in [3.8, 4) is 0 Å². The van der Waals surface area contributed by atoms with Crippen molar-refractivity contribution in [2.75, 3.05) is 27.2 Å². The number of carbonyl (C=O) groups is 1. The van der Waals surface area contributed by atoms with Crippen molar-refractivity contribution < 1.29 is 13.2 Å². The van der Waals surface area contributed by atoms with Gasteiger partial charge in [-0.1, -0.05) is 0 Å². The number of piperidine rings is 1. The van der Waals surface area contributed by atoms with Crippen molar-refractivity contribution in [2.24, 2.45) is 0 Å². The van der Waals surface area contributed by atoms with Crippen LogP contribution in [0.25, 0.3) is 0 Å². The molecule has 1 amide bonds. The summed E-state index contributed by atoms with van der Waals surface area (Å²) in [6.45, 7) is 2.87. The molecule has 0 saturated carbocycles. The molecule has 0 aromatic carbocycles. The molecule has 1 fully saturated rings. The van der Waals surface area contributed by atoms with Gasteiger partial charge in [0.25, 0.3) is 5.91 Å². The second-order valence-corrected chi connectivity index (χ2v) is 8.67. The second kappa shape index (κ2) is 5.83. The fourth-order valence-corrected chi connectivity index (χ4v) is 4.66. The minimum absolute atomic E-state index is 0.0539. The highest BCUT2D eigenvalue weighted by atomic mass is 32.2. The van der Waals surface area contributed by atoms with Crippen LogP contribution < -0.4 is 0 Å². The van der Waals surface area contributed by atoms with Crippen LogP contribution >= 0.6 is 11.3 Å². The third kappa shape index (κ3) is 3.05. The van der Waals surface area contributed by atoms with Gasteiger partial charge in [0.05, 0.1) is 10.1 Å². The molecule has 1 saturated heterocycles. The van der Waals surface area contributed by atoms with E-state index in [1.165, 1.54) is 15.6 Å². The summed E-state index contributed by atoms with van der Waals surface area (Å²) in [5.41, 5.74) is 1.06. The largest absolute Gasteiger partial charge is 0.337 e. The number of sulfonamides is 1. The van der Waals surface area contributed by atoms with Gasteiger partial charge in [-0.05, 0) is 36.8 Å². The first-order chi connectivity index (χ1) is 9.32. The zero-order chi connectivity index (χ0) is 14.9. The van der Waals surface area contributed by atoms with E-state index in [2.05, 4.69) is 0 Å². The number of carbonyl (C=O) groups excluding carboxylic acids is 1. The fourth-order valence-electron chi connectivity index (χ4n) is 2.36. The molecule has 1 aromatic heterocycles. The Balaban J connectivity index is 2.13. The van der Waals surface area contributed by atoms with E-state index in [9.17, 15) is 13.2 Å². The quantitative estimate of drug-likeness (QED) is 0.850. The van der Waals surface area contributed by atoms with Crippen LogP contribution in [0.4, 0.5) is 0 Å². The van der Waals surface area contributed by atoms with E-state index in [4.69, 9.17) is 0 Å². The lowest BCUT2D eigenvalue weighted by molar-refractivity contribution is 0.0731. The van der Waals surface area contributed by atoms with Gasteiger partial charge in [0.2, 0.25) is 10.0 Å². The van der Waals surface area contributed by atoms with Crippen LogP contribution in [-0.2, 0) is 10.0 Å². The third-order valence-corrected chi connectivity index (χ3v) is 6.82. The summed E-state index contributed by atoms with van der Waals surface area (Å²) in [4.78, 5) is 14.7. The molecule has 1 aliphatic heterocycles. The summed E-state index contributed by atoms with van der Waals surface area (Å²) in [7, 11) is -0.220. The number of hydrogen-bond acceptors (Lipinski definition) is 4. The molecule has 2 rings (SSSR count). The molecule has 1 unspecified atom stereocenters. The predicted molar refractivity (Wildman–Crippen MR) is 80.6 cm³/mol. The maximum absolute atomic E-state index is 12.4. The highest BCUT2D eigenvalue weighted by Crippen LogP contribution is 2.22. The first kappa shape index (κ1) is 15.5. The first-order valence-corrected chi connectivity index (χ1v) is 8.96. The summed E-state index contributed by atoms with van der Waals surface area (Å²) >= 11 is 1.42. The Morgan fingerprint density at radius 3 is 2.70 bits per heavy atom. The van der Waals surface area contributed by atoms with Gasteiger partial charge in [-0.25, -0.2) is 12.7 Å². The number of aryl methyl sites for hydroxylation is 1. The van der Waals surface area contributed by atoms with E-state index in [1.807, 2.05) is 18.4 Å². The topological polar surface area (TPSA) is 57.7 Å². The van der Waals surface area contributed by atoms with Crippen LogP contribution in [0.2, 0.25) is 0 Å². The molecular formula is C13H20N2O3S2. The Morgan fingerprint density at radius 2 is 2.15 bits per heavy atom. The highest BCUT2D eigenvalue weighted by molar-refractivity contribution is 7.89. The van der Waals surface area contributed by atoms with Crippen molar-refractivity contribution in [1.82, 2.24) is 9.21 Å². The van der Waals surface area contributed by atoms with Crippen LogP contribution in [0, 0.1) is 6.92 Å². The van der Waals surface area contributed by atoms with Crippen LogP contribution in [0.1, 0.15) is 28.1 Å². The molecule has 5 nitrogen and oxygen atoms in total. The lowest BCUT2D eigenvalue weighted by Crippen LogP contribution is -2.47. The molecule has 0 spiro atoms. The molecule has 1 aromatic rings. The zero-order valence-electron chi connectivity index (χ0n) is 12.0. The normalized spacial score (nSPS) is 20.4. The van der Waals surface area contributed by atoms with Gasteiger partial charge in [0, 0.05) is 27.2 Å². The number of thiophene rings is 1. The summed E-state index contributed by atoms with van der Waals surface area (Å²) in [5.74, 6) is -0.0539. The smallest absolute Gasteiger partial charge is 0.263 e. The fraction of sp³-hybridized carbons (Fsp3) is 0.615. The van der Waals surface area contributed by atoms with E-state index < -0.39 is 15.3 Å². The SMILES string of the molecule is Cc1csc(C(=O)N2CCCC(S(=O)(=O)N(C)C)C2)c1. The lowest BCUT2D eigenvalue weighted by Gasteiger charge is -2.33. The molecule has 1 aliphatic rings. The van der Waals surface area contributed by atoms with Gasteiger partial charge in [-0.3, -0.25) is 4.79 Å². The van der Waals surface area contributed by atoms with Gasteiger partial charge in [-0.2, -0.15) is 0 Å². The minimum atomic E-state index is -3.30. The maximum Gasteiger partial charge on any atom is 0.263 e. The molecular weight excluding hydrogens is 296 g/mol. The van der Waals surface area contributed by atoms with E-state index in [-0.39, 0.29) is 12.5 Å². The van der Waals surface area contributed by atoms with Crippen molar-refractivity contribution in [3.63, 3.8) is 0 Å². The van der Waals surface area contributed by atoms with E-state index in [0.29, 0.717) is 17.8 Å². The standard InChI is InChI=1S/C13H20N2O3S2/c1-10-7-12(19-9-10)13(16)15-6-4-5-11(8-15)20(17,18)14(2)3/h7,9,11H,4-6,8H2,1-3H3. The predicted octanol–water partition coefficient (Wildman–Crippen LogP) is 1.55. The van der Waals surface area contributed by atoms with Crippen molar-refractivity contribution in [2.45, 2.75) is 25.0 Å². The molecule has 7 heteroatoms.